The molecule has 17 heavy (non-hydrogen) atoms. The van der Waals surface area contributed by atoms with E-state index in [0.29, 0.717) is 5.28 Å². The minimum absolute atomic E-state index is 0.00509. The van der Waals surface area contributed by atoms with Gasteiger partial charge in [0.1, 0.15) is 5.82 Å². The van der Waals surface area contributed by atoms with Gasteiger partial charge in [0.05, 0.1) is 6.61 Å². The lowest BCUT2D eigenvalue weighted by molar-refractivity contribution is -0.369. The highest BCUT2D eigenvalue weighted by Crippen LogP contribution is 2.13. The Bertz CT molecular complexity index is 464. The molecule has 1 fully saturated rings. The van der Waals surface area contributed by atoms with Gasteiger partial charge in [-0.3, -0.25) is 10.4 Å². The number of rotatable bonds is 2. The predicted molar refractivity (Wildman–Crippen MR) is 50.3 cm³/mol. The molecule has 1 aromatic rings. The van der Waals surface area contributed by atoms with Gasteiger partial charge in [0, 0.05) is 11.5 Å². The molecule has 0 radical (unpaired) electrons. The molecule has 11 nitrogen and oxygen atoms in total. The second-order valence-electron chi connectivity index (χ2n) is 3.06. The molecule has 94 valence electrons. The maximum absolute atomic E-state index is 11.4. The number of hydroxylamine groups is 1. The summed E-state index contributed by atoms with van der Waals surface area (Å²) in [5.74, 6) is -0.00509. The summed E-state index contributed by atoms with van der Waals surface area (Å²) in [5, 5.41) is 28.2. The van der Waals surface area contributed by atoms with Crippen LogP contribution >= 0.6 is 0 Å². The van der Waals surface area contributed by atoms with Crippen molar-refractivity contribution >= 4 is 5.82 Å². The van der Waals surface area contributed by atoms with Crippen molar-refractivity contribution in [3.05, 3.63) is 22.7 Å². The highest BCUT2D eigenvalue weighted by atomic mass is 16.9. The Morgan fingerprint density at radius 1 is 1.53 bits per heavy atom. The number of aliphatic hydroxyl groups excluding tert-OH is 1. The van der Waals surface area contributed by atoms with Crippen LogP contribution in [0.4, 0.5) is 5.82 Å². The standard InChI is InChI=1S/C6H10N6O5/c7-4-1-2-9(6(14)8-4)12-11(16)10(15)5(3-13)17-12/h1-2,5,13,15-16H,3H2,(H2,7,8,14)/t5-/m1/s1. The molecular formula is C6H10N6O5. The van der Waals surface area contributed by atoms with E-state index in [2.05, 4.69) is 4.98 Å². The number of aromatic nitrogens is 2. The fourth-order valence-corrected chi connectivity index (χ4v) is 1.17. The molecule has 1 aliphatic heterocycles. The molecule has 5 N–H and O–H groups in total. The van der Waals surface area contributed by atoms with Crippen molar-refractivity contribution in [3.63, 3.8) is 0 Å². The Hall–Kier alpha value is -1.76. The second kappa shape index (κ2) is 4.25. The van der Waals surface area contributed by atoms with Gasteiger partial charge in [-0.05, 0) is 11.2 Å². The van der Waals surface area contributed by atoms with Crippen LogP contribution in [0.2, 0.25) is 0 Å². The lowest BCUT2D eigenvalue weighted by Gasteiger charge is -2.21. The summed E-state index contributed by atoms with van der Waals surface area (Å²) < 4.78 is 0.731. The van der Waals surface area contributed by atoms with Crippen molar-refractivity contribution < 1.29 is 20.4 Å². The van der Waals surface area contributed by atoms with E-state index in [-0.39, 0.29) is 16.3 Å². The van der Waals surface area contributed by atoms with Gasteiger partial charge in [0.15, 0.2) is 0 Å². The zero-order chi connectivity index (χ0) is 12.6. The van der Waals surface area contributed by atoms with Gasteiger partial charge < -0.3 is 10.8 Å². The number of anilines is 1. The number of hydrogen-bond donors (Lipinski definition) is 4. The molecule has 2 rings (SSSR count). The van der Waals surface area contributed by atoms with E-state index in [4.69, 9.17) is 15.7 Å². The van der Waals surface area contributed by atoms with Crippen molar-refractivity contribution in [1.82, 2.24) is 20.1 Å². The molecule has 1 atom stereocenters. The Morgan fingerprint density at radius 2 is 2.24 bits per heavy atom. The first kappa shape index (κ1) is 11.7. The van der Waals surface area contributed by atoms with E-state index in [0.717, 1.165) is 4.68 Å². The molecular weight excluding hydrogens is 236 g/mol. The Balaban J connectivity index is 2.32. The van der Waals surface area contributed by atoms with Crippen molar-refractivity contribution in [1.29, 1.82) is 0 Å². The zero-order valence-corrected chi connectivity index (χ0v) is 8.41. The van der Waals surface area contributed by atoms with Crippen molar-refractivity contribution in [2.45, 2.75) is 6.23 Å². The third-order valence-corrected chi connectivity index (χ3v) is 1.96. The molecule has 0 aliphatic carbocycles. The van der Waals surface area contributed by atoms with Crippen LogP contribution in [0.15, 0.2) is 17.1 Å². The first-order valence-corrected chi connectivity index (χ1v) is 4.44. The third kappa shape index (κ3) is 1.93. The van der Waals surface area contributed by atoms with Crippen LogP contribution in [0.1, 0.15) is 0 Å². The number of nitrogen functional groups attached to an aromatic ring is 1. The van der Waals surface area contributed by atoms with E-state index >= 15 is 0 Å². The van der Waals surface area contributed by atoms with Gasteiger partial charge in [-0.2, -0.15) is 9.66 Å². The van der Waals surface area contributed by atoms with Gasteiger partial charge in [0.25, 0.3) is 0 Å². The topological polar surface area (TPSA) is 141 Å². The smallest absolute Gasteiger partial charge is 0.371 e. The summed E-state index contributed by atoms with van der Waals surface area (Å²) in [6.07, 6.45) is -0.0777. The largest absolute Gasteiger partial charge is 0.392 e. The summed E-state index contributed by atoms with van der Waals surface area (Å²) in [6, 6.07) is 1.28. The summed E-state index contributed by atoms with van der Waals surface area (Å²) in [4.78, 5) is 19.7. The van der Waals surface area contributed by atoms with E-state index in [1.54, 1.807) is 0 Å². The maximum atomic E-state index is 11.4. The van der Waals surface area contributed by atoms with Crippen LogP contribution in [0.5, 0.6) is 0 Å². The fourth-order valence-electron chi connectivity index (χ4n) is 1.17. The highest BCUT2D eigenvalue weighted by molar-refractivity contribution is 5.23. The summed E-state index contributed by atoms with van der Waals surface area (Å²) in [7, 11) is 0. The minimum Gasteiger partial charge on any atom is -0.392 e. The van der Waals surface area contributed by atoms with Gasteiger partial charge in [0.2, 0.25) is 6.23 Å². The Morgan fingerprint density at radius 3 is 2.76 bits per heavy atom. The van der Waals surface area contributed by atoms with E-state index in [1.807, 2.05) is 0 Å². The van der Waals surface area contributed by atoms with Crippen LogP contribution in [0.3, 0.4) is 0 Å². The summed E-state index contributed by atoms with van der Waals surface area (Å²) >= 11 is 0. The SMILES string of the molecule is Nc1ccn(N2O[C@H](CO)N(O)N2O)c(=O)n1. The maximum Gasteiger partial charge on any atom is 0.371 e. The number of nitrogens with two attached hydrogens (primary N) is 1. The molecule has 0 bridgehead atoms. The van der Waals surface area contributed by atoms with Crippen molar-refractivity contribution in [2.24, 2.45) is 0 Å². The average Bonchev–Trinajstić information content (AvgIpc) is 2.57. The van der Waals surface area contributed by atoms with Crippen LogP contribution in [0, 0.1) is 0 Å². The van der Waals surface area contributed by atoms with Crippen LogP contribution in [-0.2, 0) is 4.84 Å². The molecule has 1 saturated heterocycles. The second-order valence-corrected chi connectivity index (χ2v) is 3.06. The monoisotopic (exact) mass is 246 g/mol. The van der Waals surface area contributed by atoms with Crippen molar-refractivity contribution in [2.75, 3.05) is 17.6 Å². The lowest BCUT2D eigenvalue weighted by atomic mass is 10.6. The fraction of sp³-hybridized carbons (Fsp3) is 0.333. The molecule has 0 amide bonds. The normalized spacial score (nSPS) is 22.3. The minimum atomic E-state index is -1.25. The van der Waals surface area contributed by atoms with Crippen LogP contribution in [0.25, 0.3) is 0 Å². The summed E-state index contributed by atoms with van der Waals surface area (Å²) in [5.41, 5.74) is 4.44. The number of hydrazine groups is 2. The Kier molecular flexibility index (Phi) is 2.93. The van der Waals surface area contributed by atoms with E-state index in [9.17, 15) is 15.2 Å². The van der Waals surface area contributed by atoms with Gasteiger partial charge in [-0.1, -0.05) is 5.28 Å². The van der Waals surface area contributed by atoms with Crippen LogP contribution in [-0.4, -0.2) is 48.5 Å². The first-order valence-electron chi connectivity index (χ1n) is 4.44. The van der Waals surface area contributed by atoms with E-state index in [1.165, 1.54) is 12.3 Å². The summed E-state index contributed by atoms with van der Waals surface area (Å²) in [6.45, 7) is -0.610. The van der Waals surface area contributed by atoms with Crippen molar-refractivity contribution in [3.8, 4) is 0 Å². The molecule has 11 heteroatoms. The first-order chi connectivity index (χ1) is 8.04. The molecule has 0 unspecified atom stereocenters. The number of hydrogen-bond acceptors (Lipinski definition) is 10. The number of nitrogens with zero attached hydrogens (tertiary/aromatic N) is 5. The average molecular weight is 246 g/mol. The lowest BCUT2D eigenvalue weighted by Crippen LogP contribution is -2.50. The number of aliphatic hydroxyl groups is 1. The van der Waals surface area contributed by atoms with Gasteiger partial charge in [-0.15, -0.1) is 0 Å². The van der Waals surface area contributed by atoms with E-state index < -0.39 is 18.5 Å². The molecule has 0 aromatic carbocycles. The predicted octanol–water partition coefficient (Wildman–Crippen LogP) is -2.76. The quantitative estimate of drug-likeness (QED) is 0.433. The zero-order valence-electron chi connectivity index (χ0n) is 8.41. The molecule has 0 saturated carbocycles. The van der Waals surface area contributed by atoms with Gasteiger partial charge >= 0.3 is 5.69 Å². The molecule has 1 aliphatic rings. The molecule has 0 spiro atoms. The highest BCUT2D eigenvalue weighted by Gasteiger charge is 2.39. The van der Waals surface area contributed by atoms with Gasteiger partial charge in [-0.25, -0.2) is 9.63 Å². The molecule has 1 aromatic heterocycles. The Labute approximate surface area is 93.9 Å². The van der Waals surface area contributed by atoms with Crippen LogP contribution < -0.4 is 16.7 Å². The molecule has 2 heterocycles. The third-order valence-electron chi connectivity index (χ3n) is 1.96.